The SMILES string of the molecule is O=S1C2CCC1CC(O)(CCC(F)=C(F)F)C2. The molecule has 2 aliphatic rings. The summed E-state index contributed by atoms with van der Waals surface area (Å²) >= 11 is 0. The van der Waals surface area contributed by atoms with Crippen LogP contribution in [-0.2, 0) is 10.8 Å². The quantitative estimate of drug-likeness (QED) is 0.854. The van der Waals surface area contributed by atoms with E-state index in [-0.39, 0.29) is 16.9 Å². The Morgan fingerprint density at radius 1 is 1.24 bits per heavy atom. The summed E-state index contributed by atoms with van der Waals surface area (Å²) in [6.45, 7) is 0. The van der Waals surface area contributed by atoms with Crippen molar-refractivity contribution in [2.24, 2.45) is 0 Å². The van der Waals surface area contributed by atoms with Crippen molar-refractivity contribution in [3.63, 3.8) is 0 Å². The molecule has 0 aromatic rings. The molecule has 2 fully saturated rings. The van der Waals surface area contributed by atoms with Gasteiger partial charge in [-0.05, 0) is 32.1 Å². The first-order valence-corrected chi connectivity index (χ1v) is 7.00. The van der Waals surface area contributed by atoms with Crippen LogP contribution < -0.4 is 0 Å². The van der Waals surface area contributed by atoms with Crippen molar-refractivity contribution in [2.45, 2.75) is 54.6 Å². The number of rotatable bonds is 3. The third-order valence-electron chi connectivity index (χ3n) is 3.70. The lowest BCUT2D eigenvalue weighted by Crippen LogP contribution is -2.42. The number of halogens is 3. The van der Waals surface area contributed by atoms with Crippen LogP contribution in [0.2, 0.25) is 0 Å². The molecule has 2 nitrogen and oxygen atoms in total. The second kappa shape index (κ2) is 4.72. The lowest BCUT2D eigenvalue weighted by Gasteiger charge is -2.35. The highest BCUT2D eigenvalue weighted by molar-refractivity contribution is 7.86. The van der Waals surface area contributed by atoms with Gasteiger partial charge < -0.3 is 5.11 Å². The predicted molar refractivity (Wildman–Crippen MR) is 58.7 cm³/mol. The molecule has 6 heteroatoms. The van der Waals surface area contributed by atoms with Gasteiger partial charge in [0, 0.05) is 27.7 Å². The van der Waals surface area contributed by atoms with Gasteiger partial charge in [-0.1, -0.05) is 0 Å². The van der Waals surface area contributed by atoms with E-state index in [0.717, 1.165) is 12.8 Å². The lowest BCUT2D eigenvalue weighted by atomic mass is 9.88. The van der Waals surface area contributed by atoms with Crippen molar-refractivity contribution in [3.8, 4) is 0 Å². The van der Waals surface area contributed by atoms with Crippen LogP contribution in [0.4, 0.5) is 13.2 Å². The third kappa shape index (κ3) is 2.73. The standard InChI is InChI=1S/C11H15F3O2S/c12-9(10(13)14)3-4-11(15)5-7-1-2-8(6-11)17(7)16/h7-8,15H,1-6H2. The minimum absolute atomic E-state index is 0.0135. The molecule has 2 unspecified atom stereocenters. The molecule has 2 aliphatic heterocycles. The van der Waals surface area contributed by atoms with Gasteiger partial charge >= 0.3 is 6.08 Å². The predicted octanol–water partition coefficient (Wildman–Crippen LogP) is 2.65. The number of aliphatic hydroxyl groups is 1. The van der Waals surface area contributed by atoms with Crippen molar-refractivity contribution < 1.29 is 22.5 Å². The molecule has 2 saturated heterocycles. The summed E-state index contributed by atoms with van der Waals surface area (Å²) in [4.78, 5) is 0. The van der Waals surface area contributed by atoms with Crippen LogP contribution in [0.15, 0.2) is 11.9 Å². The molecule has 0 aliphatic carbocycles. The number of hydrogen-bond donors (Lipinski definition) is 1. The molecular formula is C11H15F3O2S. The Morgan fingerprint density at radius 3 is 2.24 bits per heavy atom. The van der Waals surface area contributed by atoms with E-state index in [9.17, 15) is 22.5 Å². The van der Waals surface area contributed by atoms with Gasteiger partial charge in [0.1, 0.15) is 0 Å². The molecule has 1 N–H and O–H groups in total. The maximum Gasteiger partial charge on any atom is 0.301 e. The zero-order chi connectivity index (χ0) is 12.6. The number of allylic oxidation sites excluding steroid dienone is 1. The van der Waals surface area contributed by atoms with Gasteiger partial charge in [-0.15, -0.1) is 0 Å². The zero-order valence-corrected chi connectivity index (χ0v) is 10.1. The molecule has 0 spiro atoms. The van der Waals surface area contributed by atoms with Crippen LogP contribution in [-0.4, -0.2) is 25.4 Å². The van der Waals surface area contributed by atoms with Crippen molar-refractivity contribution in [3.05, 3.63) is 11.9 Å². The summed E-state index contributed by atoms with van der Waals surface area (Å²) in [5.74, 6) is -1.45. The molecule has 17 heavy (non-hydrogen) atoms. The minimum atomic E-state index is -2.31. The molecule has 0 aromatic heterocycles. The molecule has 2 bridgehead atoms. The minimum Gasteiger partial charge on any atom is -0.390 e. The van der Waals surface area contributed by atoms with Crippen LogP contribution in [0.3, 0.4) is 0 Å². The molecular weight excluding hydrogens is 253 g/mol. The van der Waals surface area contributed by atoms with E-state index in [4.69, 9.17) is 0 Å². The van der Waals surface area contributed by atoms with Gasteiger partial charge in [0.25, 0.3) is 0 Å². The summed E-state index contributed by atoms with van der Waals surface area (Å²) in [6.07, 6.45) is -0.444. The van der Waals surface area contributed by atoms with E-state index in [1.165, 1.54) is 0 Å². The highest BCUT2D eigenvalue weighted by Crippen LogP contribution is 2.43. The molecule has 0 radical (unpaired) electrons. The van der Waals surface area contributed by atoms with Crippen molar-refractivity contribution in [1.82, 2.24) is 0 Å². The lowest BCUT2D eigenvalue weighted by molar-refractivity contribution is 0.0130. The van der Waals surface area contributed by atoms with Crippen molar-refractivity contribution >= 4 is 10.8 Å². The Kier molecular flexibility index (Phi) is 3.63. The number of hydrogen-bond acceptors (Lipinski definition) is 2. The van der Waals surface area contributed by atoms with Crippen LogP contribution in [0.1, 0.15) is 38.5 Å². The maximum atomic E-state index is 12.7. The fourth-order valence-corrected chi connectivity index (χ4v) is 5.05. The molecule has 2 heterocycles. The van der Waals surface area contributed by atoms with Gasteiger partial charge in [-0.3, -0.25) is 4.21 Å². The third-order valence-corrected chi connectivity index (χ3v) is 5.82. The Balaban J connectivity index is 1.97. The Morgan fingerprint density at radius 2 is 1.76 bits per heavy atom. The first-order chi connectivity index (χ1) is 7.91. The Hall–Kier alpha value is -0.360. The van der Waals surface area contributed by atoms with E-state index in [2.05, 4.69) is 0 Å². The molecule has 2 atom stereocenters. The maximum absolute atomic E-state index is 12.7. The van der Waals surface area contributed by atoms with E-state index in [1.54, 1.807) is 0 Å². The number of fused-ring (bicyclic) bond motifs is 2. The fraction of sp³-hybridized carbons (Fsp3) is 0.818. The normalized spacial score (nSPS) is 40.4. The molecule has 0 aromatic carbocycles. The molecule has 98 valence electrons. The highest BCUT2D eigenvalue weighted by atomic mass is 32.2. The van der Waals surface area contributed by atoms with Crippen molar-refractivity contribution in [1.29, 1.82) is 0 Å². The fourth-order valence-electron chi connectivity index (χ4n) is 2.82. The van der Waals surface area contributed by atoms with E-state index in [0.29, 0.717) is 12.8 Å². The average Bonchev–Trinajstić information content (AvgIpc) is 2.51. The largest absolute Gasteiger partial charge is 0.390 e. The Bertz CT molecular complexity index is 350. The highest BCUT2D eigenvalue weighted by Gasteiger charge is 2.47. The van der Waals surface area contributed by atoms with Crippen molar-refractivity contribution in [2.75, 3.05) is 0 Å². The summed E-state index contributed by atoms with van der Waals surface area (Å²) in [6, 6.07) is 0. The summed E-state index contributed by atoms with van der Waals surface area (Å²) in [5, 5.41) is 10.2. The second-order valence-electron chi connectivity index (χ2n) is 4.95. The van der Waals surface area contributed by atoms with E-state index < -0.39 is 34.7 Å². The van der Waals surface area contributed by atoms with Crippen LogP contribution in [0.5, 0.6) is 0 Å². The Labute approximate surface area is 100 Å². The van der Waals surface area contributed by atoms with Crippen LogP contribution in [0.25, 0.3) is 0 Å². The molecule has 2 rings (SSSR count). The van der Waals surface area contributed by atoms with Crippen LogP contribution in [0, 0.1) is 0 Å². The van der Waals surface area contributed by atoms with Gasteiger partial charge in [0.05, 0.1) is 5.60 Å². The summed E-state index contributed by atoms with van der Waals surface area (Å²) < 4.78 is 48.2. The van der Waals surface area contributed by atoms with Crippen LogP contribution >= 0.6 is 0 Å². The van der Waals surface area contributed by atoms with Gasteiger partial charge in [-0.2, -0.15) is 8.78 Å². The monoisotopic (exact) mass is 268 g/mol. The smallest absolute Gasteiger partial charge is 0.301 e. The van der Waals surface area contributed by atoms with Gasteiger partial charge in [-0.25, -0.2) is 4.39 Å². The topological polar surface area (TPSA) is 37.3 Å². The van der Waals surface area contributed by atoms with E-state index in [1.807, 2.05) is 0 Å². The zero-order valence-electron chi connectivity index (χ0n) is 9.29. The summed E-state index contributed by atoms with van der Waals surface area (Å²) in [5.41, 5.74) is -1.12. The first kappa shape index (κ1) is 13.1. The molecule has 0 saturated carbocycles. The average molecular weight is 268 g/mol. The molecule has 0 amide bonds. The van der Waals surface area contributed by atoms with Gasteiger partial charge in [0.2, 0.25) is 0 Å². The van der Waals surface area contributed by atoms with Gasteiger partial charge in [0.15, 0.2) is 5.83 Å². The summed E-state index contributed by atoms with van der Waals surface area (Å²) in [7, 11) is -0.902. The van der Waals surface area contributed by atoms with E-state index >= 15 is 0 Å². The first-order valence-electron chi connectivity index (χ1n) is 5.73. The second-order valence-corrected chi connectivity index (χ2v) is 6.94.